The van der Waals surface area contributed by atoms with Crippen LogP contribution in [0.25, 0.3) is 0 Å². The first-order valence-electron chi connectivity index (χ1n) is 7.65. The summed E-state index contributed by atoms with van der Waals surface area (Å²) in [5.74, 6) is 0.419. The van der Waals surface area contributed by atoms with Gasteiger partial charge in [-0.05, 0) is 55.4 Å². The third-order valence-corrected chi connectivity index (χ3v) is 4.56. The van der Waals surface area contributed by atoms with Crippen molar-refractivity contribution in [1.29, 1.82) is 0 Å². The van der Waals surface area contributed by atoms with Gasteiger partial charge in [-0.25, -0.2) is 0 Å². The van der Waals surface area contributed by atoms with Crippen LogP contribution in [0.5, 0.6) is 0 Å². The number of hydrogen-bond acceptors (Lipinski definition) is 3. The van der Waals surface area contributed by atoms with Gasteiger partial charge in [0.15, 0.2) is 0 Å². The predicted octanol–water partition coefficient (Wildman–Crippen LogP) is 3.85. The number of aliphatic hydroxyl groups is 1. The summed E-state index contributed by atoms with van der Waals surface area (Å²) in [5, 5.41) is 10.6. The Hall–Kier alpha value is -0.830. The van der Waals surface area contributed by atoms with Crippen LogP contribution in [0.15, 0.2) is 12.2 Å². The summed E-state index contributed by atoms with van der Waals surface area (Å²) in [5.41, 5.74) is 0.660. The van der Waals surface area contributed by atoms with Crippen LogP contribution in [-0.4, -0.2) is 23.3 Å². The van der Waals surface area contributed by atoms with Crippen LogP contribution in [0.3, 0.4) is 0 Å². The van der Waals surface area contributed by atoms with Gasteiger partial charge in [0, 0.05) is 6.92 Å². The van der Waals surface area contributed by atoms with E-state index in [1.807, 2.05) is 0 Å². The van der Waals surface area contributed by atoms with Crippen molar-refractivity contribution in [2.75, 3.05) is 6.61 Å². The summed E-state index contributed by atoms with van der Waals surface area (Å²) in [7, 11) is 0. The monoisotopic (exact) mass is 282 g/mol. The first-order valence-corrected chi connectivity index (χ1v) is 7.65. The molecule has 3 nitrogen and oxygen atoms in total. The fourth-order valence-corrected chi connectivity index (χ4v) is 2.96. The Labute approximate surface area is 123 Å². The van der Waals surface area contributed by atoms with Gasteiger partial charge in [-0.3, -0.25) is 4.79 Å². The lowest BCUT2D eigenvalue weighted by atomic mass is 9.67. The van der Waals surface area contributed by atoms with E-state index in [0.29, 0.717) is 11.3 Å². The molecule has 0 aliphatic heterocycles. The number of rotatable bonds is 5. The van der Waals surface area contributed by atoms with Gasteiger partial charge in [-0.15, -0.1) is 0 Å². The third kappa shape index (κ3) is 5.66. The highest BCUT2D eigenvalue weighted by Gasteiger charge is 2.36. The summed E-state index contributed by atoms with van der Waals surface area (Å²) >= 11 is 0. The minimum Gasteiger partial charge on any atom is -0.461 e. The number of ether oxygens (including phenoxy) is 1. The summed E-state index contributed by atoms with van der Waals surface area (Å²) in [6.07, 6.45) is 5.38. The highest BCUT2D eigenvalue weighted by Crippen LogP contribution is 2.43. The molecule has 0 heterocycles. The summed E-state index contributed by atoms with van der Waals surface area (Å²) in [6.45, 7) is 12.4. The molecule has 1 aliphatic rings. The van der Waals surface area contributed by atoms with Crippen LogP contribution >= 0.6 is 0 Å². The largest absolute Gasteiger partial charge is 0.461 e. The van der Waals surface area contributed by atoms with Crippen LogP contribution in [0.2, 0.25) is 0 Å². The maximum Gasteiger partial charge on any atom is 0.302 e. The first kappa shape index (κ1) is 17.2. The van der Waals surface area contributed by atoms with E-state index in [4.69, 9.17) is 4.74 Å². The number of esters is 1. The van der Waals surface area contributed by atoms with Crippen molar-refractivity contribution in [2.45, 2.75) is 71.8 Å². The molecule has 20 heavy (non-hydrogen) atoms. The topological polar surface area (TPSA) is 46.5 Å². The minimum atomic E-state index is -0.555. The quantitative estimate of drug-likeness (QED) is 0.615. The maximum absolute atomic E-state index is 10.7. The lowest BCUT2D eigenvalue weighted by Crippen LogP contribution is -2.37. The zero-order chi connectivity index (χ0) is 15.4. The molecule has 0 aromatic heterocycles. The van der Waals surface area contributed by atoms with E-state index in [2.05, 4.69) is 27.4 Å². The van der Waals surface area contributed by atoms with E-state index in [0.717, 1.165) is 44.1 Å². The average Bonchev–Trinajstić information content (AvgIpc) is 2.33. The molecular formula is C17H30O3. The molecule has 3 heteroatoms. The van der Waals surface area contributed by atoms with Crippen molar-refractivity contribution >= 4 is 5.97 Å². The fourth-order valence-electron chi connectivity index (χ4n) is 2.96. The van der Waals surface area contributed by atoms with Crippen molar-refractivity contribution in [3.05, 3.63) is 12.2 Å². The van der Waals surface area contributed by atoms with Gasteiger partial charge in [-0.1, -0.05) is 27.4 Å². The molecule has 0 atom stereocenters. The lowest BCUT2D eigenvalue weighted by molar-refractivity contribution is -0.140. The molecule has 1 aliphatic carbocycles. The Balaban J connectivity index is 2.34. The Morgan fingerprint density at radius 3 is 2.35 bits per heavy atom. The smallest absolute Gasteiger partial charge is 0.302 e. The summed E-state index contributed by atoms with van der Waals surface area (Å²) < 4.78 is 4.92. The van der Waals surface area contributed by atoms with Crippen molar-refractivity contribution in [1.82, 2.24) is 0 Å². The molecule has 1 rings (SSSR count). The number of carbonyl (C=O) groups excluding carboxylic acids is 1. The molecule has 0 aromatic carbocycles. The predicted molar refractivity (Wildman–Crippen MR) is 81.4 cm³/mol. The molecule has 0 spiro atoms. The van der Waals surface area contributed by atoms with Gasteiger partial charge >= 0.3 is 5.97 Å². The Bertz CT molecular complexity index is 344. The van der Waals surface area contributed by atoms with Crippen molar-refractivity contribution in [3.63, 3.8) is 0 Å². The molecule has 0 unspecified atom stereocenters. The first-order chi connectivity index (χ1) is 9.12. The Morgan fingerprint density at radius 1 is 1.35 bits per heavy atom. The highest BCUT2D eigenvalue weighted by molar-refractivity contribution is 5.66. The minimum absolute atomic E-state index is 0.274. The fraction of sp³-hybridized carbons (Fsp3) is 0.824. The van der Waals surface area contributed by atoms with E-state index >= 15 is 0 Å². The third-order valence-electron chi connectivity index (χ3n) is 4.56. The molecule has 0 radical (unpaired) electrons. The second-order valence-corrected chi connectivity index (χ2v) is 7.39. The number of hydrogen-bond donors (Lipinski definition) is 1. The molecule has 0 bridgehead atoms. The van der Waals surface area contributed by atoms with Crippen LogP contribution in [-0.2, 0) is 9.53 Å². The maximum atomic E-state index is 10.7. The van der Waals surface area contributed by atoms with Crippen molar-refractivity contribution in [2.24, 2.45) is 11.3 Å². The van der Waals surface area contributed by atoms with Gasteiger partial charge in [0.25, 0.3) is 0 Å². The second kappa shape index (κ2) is 6.75. The molecule has 0 aromatic rings. The van der Waals surface area contributed by atoms with Crippen LogP contribution in [0.4, 0.5) is 0 Å². The number of carbonyl (C=O) groups is 1. The van der Waals surface area contributed by atoms with Crippen molar-refractivity contribution in [3.8, 4) is 0 Å². The normalized spacial score (nSPS) is 27.1. The van der Waals surface area contributed by atoms with E-state index in [-0.39, 0.29) is 12.6 Å². The zero-order valence-electron chi connectivity index (χ0n) is 13.5. The van der Waals surface area contributed by atoms with Crippen molar-refractivity contribution < 1.29 is 14.6 Å². The van der Waals surface area contributed by atoms with Gasteiger partial charge < -0.3 is 9.84 Å². The standard InChI is InChI=1S/C17H30O3/c1-13(12-20-14(2)18)6-9-17(19)10-7-15(8-11-17)16(3,4)5/h15,19H,1,6-12H2,2-5H3. The molecule has 0 amide bonds. The lowest BCUT2D eigenvalue weighted by Gasteiger charge is -2.41. The zero-order valence-corrected chi connectivity index (χ0v) is 13.5. The second-order valence-electron chi connectivity index (χ2n) is 7.39. The molecule has 1 N–H and O–H groups in total. The van der Waals surface area contributed by atoms with Crippen LogP contribution < -0.4 is 0 Å². The molecule has 1 fully saturated rings. The van der Waals surface area contributed by atoms with E-state index in [1.165, 1.54) is 6.92 Å². The van der Waals surface area contributed by atoms with Gasteiger partial charge in [0.2, 0.25) is 0 Å². The van der Waals surface area contributed by atoms with Gasteiger partial charge in [0.1, 0.15) is 6.61 Å². The van der Waals surface area contributed by atoms with E-state index in [9.17, 15) is 9.90 Å². The van der Waals surface area contributed by atoms with Gasteiger partial charge in [0.05, 0.1) is 5.60 Å². The Kier molecular flexibility index (Phi) is 5.81. The summed E-state index contributed by atoms with van der Waals surface area (Å²) in [6, 6.07) is 0. The average molecular weight is 282 g/mol. The molecular weight excluding hydrogens is 252 g/mol. The Morgan fingerprint density at radius 2 is 1.90 bits per heavy atom. The van der Waals surface area contributed by atoms with Gasteiger partial charge in [-0.2, -0.15) is 0 Å². The summed E-state index contributed by atoms with van der Waals surface area (Å²) in [4.78, 5) is 10.7. The van der Waals surface area contributed by atoms with Crippen LogP contribution in [0.1, 0.15) is 66.2 Å². The molecule has 0 saturated heterocycles. The molecule has 116 valence electrons. The van der Waals surface area contributed by atoms with Crippen LogP contribution in [0, 0.1) is 11.3 Å². The molecule has 1 saturated carbocycles. The SMILES string of the molecule is C=C(CCC1(O)CCC(C(C)(C)C)CC1)COC(C)=O. The highest BCUT2D eigenvalue weighted by atomic mass is 16.5. The van der Waals surface area contributed by atoms with E-state index < -0.39 is 5.60 Å². The van der Waals surface area contributed by atoms with E-state index in [1.54, 1.807) is 0 Å².